The van der Waals surface area contributed by atoms with E-state index in [-0.39, 0.29) is 5.69 Å². The van der Waals surface area contributed by atoms with Crippen molar-refractivity contribution in [2.75, 3.05) is 14.2 Å². The molecule has 96 valence electrons. The highest BCUT2D eigenvalue weighted by Gasteiger charge is 2.21. The lowest BCUT2D eigenvalue weighted by atomic mass is 10.2. The van der Waals surface area contributed by atoms with Crippen LogP contribution in [0, 0.1) is 5.39 Å². The van der Waals surface area contributed by atoms with Crippen LogP contribution in [0.3, 0.4) is 0 Å². The molecule has 0 fully saturated rings. The summed E-state index contributed by atoms with van der Waals surface area (Å²) in [7, 11) is 3.00. The molecule has 2 rings (SSSR count). The van der Waals surface area contributed by atoms with Gasteiger partial charge in [-0.05, 0) is 12.1 Å². The van der Waals surface area contributed by atoms with Gasteiger partial charge in [0.1, 0.15) is 5.75 Å². The Bertz CT molecular complexity index is 606. The minimum atomic E-state index is 0.278. The molecule has 0 aliphatic carbocycles. The molecule has 0 saturated carbocycles. The smallest absolute Gasteiger partial charge is 0.430 e. The summed E-state index contributed by atoms with van der Waals surface area (Å²) in [5.41, 5.74) is 0.278. The first kappa shape index (κ1) is 12.7. The molecular formula is C14H13N2O3+. The van der Waals surface area contributed by atoms with Crippen LogP contribution >= 0.6 is 0 Å². The minimum Gasteiger partial charge on any atom is -0.493 e. The van der Waals surface area contributed by atoms with Gasteiger partial charge in [0, 0.05) is 6.07 Å². The zero-order chi connectivity index (χ0) is 13.7. The average molecular weight is 257 g/mol. The van der Waals surface area contributed by atoms with Gasteiger partial charge < -0.3 is 14.2 Å². The van der Waals surface area contributed by atoms with Crippen LogP contribution in [0.1, 0.15) is 0 Å². The van der Waals surface area contributed by atoms with Crippen molar-refractivity contribution in [3.05, 3.63) is 47.4 Å². The highest BCUT2D eigenvalue weighted by Crippen LogP contribution is 2.41. The van der Waals surface area contributed by atoms with Crippen molar-refractivity contribution in [3.8, 4) is 23.0 Å². The molecule has 5 heteroatoms. The van der Waals surface area contributed by atoms with Gasteiger partial charge >= 0.3 is 5.69 Å². The van der Waals surface area contributed by atoms with E-state index in [1.807, 2.05) is 30.3 Å². The zero-order valence-electron chi connectivity index (χ0n) is 10.7. The Kier molecular flexibility index (Phi) is 3.84. The molecule has 5 nitrogen and oxygen atoms in total. The third kappa shape index (κ3) is 2.75. The highest BCUT2D eigenvalue weighted by atomic mass is 16.5. The second kappa shape index (κ2) is 5.74. The molecule has 0 aliphatic rings. The van der Waals surface area contributed by atoms with E-state index in [9.17, 15) is 0 Å². The van der Waals surface area contributed by atoms with Gasteiger partial charge in [0.05, 0.1) is 20.3 Å². The van der Waals surface area contributed by atoms with Crippen molar-refractivity contribution >= 4 is 5.69 Å². The fourth-order valence-electron chi connectivity index (χ4n) is 1.63. The summed E-state index contributed by atoms with van der Waals surface area (Å²) in [4.78, 5) is 3.14. The summed E-state index contributed by atoms with van der Waals surface area (Å²) < 4.78 is 16.0. The first-order chi connectivity index (χ1) is 9.28. The maximum Gasteiger partial charge on any atom is 0.430 e. The number of ether oxygens (including phenoxy) is 3. The maximum absolute atomic E-state index is 8.90. The van der Waals surface area contributed by atoms with E-state index in [0.717, 1.165) is 0 Å². The summed E-state index contributed by atoms with van der Waals surface area (Å²) in [6, 6.07) is 12.5. The Labute approximate surface area is 111 Å². The van der Waals surface area contributed by atoms with Crippen LogP contribution in [0.5, 0.6) is 23.0 Å². The molecule has 19 heavy (non-hydrogen) atoms. The van der Waals surface area contributed by atoms with Crippen LogP contribution in [0.25, 0.3) is 4.98 Å². The highest BCUT2D eigenvalue weighted by molar-refractivity contribution is 5.65. The van der Waals surface area contributed by atoms with Crippen molar-refractivity contribution in [3.63, 3.8) is 0 Å². The van der Waals surface area contributed by atoms with E-state index >= 15 is 0 Å². The summed E-state index contributed by atoms with van der Waals surface area (Å²) in [6.45, 7) is 0. The fourth-order valence-corrected chi connectivity index (χ4v) is 1.63. The number of methoxy groups -OCH3 is 2. The molecule has 2 aromatic carbocycles. The summed E-state index contributed by atoms with van der Waals surface area (Å²) >= 11 is 0. The van der Waals surface area contributed by atoms with Gasteiger partial charge in [-0.2, -0.15) is 0 Å². The molecule has 0 unspecified atom stereocenters. The molecule has 0 heterocycles. The van der Waals surface area contributed by atoms with E-state index in [1.165, 1.54) is 20.3 Å². The lowest BCUT2D eigenvalue weighted by Gasteiger charge is -2.10. The number of hydrogen-bond donors (Lipinski definition) is 0. The number of benzene rings is 2. The maximum atomic E-state index is 8.90. The molecule has 0 aliphatic heterocycles. The first-order valence-corrected chi connectivity index (χ1v) is 5.62. The topological polar surface area (TPSA) is 55.8 Å². The van der Waals surface area contributed by atoms with Crippen LogP contribution in [0.4, 0.5) is 5.69 Å². The minimum absolute atomic E-state index is 0.278. The number of hydrogen-bond acceptors (Lipinski definition) is 4. The van der Waals surface area contributed by atoms with E-state index in [0.29, 0.717) is 23.0 Å². The number of para-hydroxylation sites is 1. The second-order valence-corrected chi connectivity index (χ2v) is 3.69. The molecule has 0 atom stereocenters. The number of diazo groups is 1. The monoisotopic (exact) mass is 257 g/mol. The lowest BCUT2D eigenvalue weighted by Crippen LogP contribution is -1.92. The molecule has 0 amide bonds. The Morgan fingerprint density at radius 2 is 1.58 bits per heavy atom. The third-order valence-electron chi connectivity index (χ3n) is 2.54. The van der Waals surface area contributed by atoms with E-state index in [4.69, 9.17) is 19.6 Å². The Morgan fingerprint density at radius 3 is 2.16 bits per heavy atom. The average Bonchev–Trinajstić information content (AvgIpc) is 2.47. The lowest BCUT2D eigenvalue weighted by molar-refractivity contribution is 0.372. The van der Waals surface area contributed by atoms with Gasteiger partial charge in [-0.25, -0.2) is 0 Å². The summed E-state index contributed by atoms with van der Waals surface area (Å²) in [5.74, 6) is 2.01. The van der Waals surface area contributed by atoms with Gasteiger partial charge in [-0.1, -0.05) is 18.2 Å². The molecule has 0 spiro atoms. The van der Waals surface area contributed by atoms with Gasteiger partial charge in [0.2, 0.25) is 11.1 Å². The standard InChI is InChI=1S/C14H13N2O3/c1-17-12-9-14(13(18-2)8-11(12)16-15)19-10-6-4-3-5-7-10/h3-9H,1-2H3/q+1. The number of rotatable bonds is 4. The van der Waals surface area contributed by atoms with Crippen LogP contribution in [0.2, 0.25) is 0 Å². The van der Waals surface area contributed by atoms with Gasteiger partial charge in [-0.3, -0.25) is 0 Å². The van der Waals surface area contributed by atoms with Crippen molar-refractivity contribution in [2.24, 2.45) is 0 Å². The number of nitrogens with zero attached hydrogens (tertiary/aromatic N) is 2. The van der Waals surface area contributed by atoms with E-state index in [2.05, 4.69) is 4.98 Å². The predicted molar refractivity (Wildman–Crippen MR) is 70.8 cm³/mol. The summed E-state index contributed by atoms with van der Waals surface area (Å²) in [6.07, 6.45) is 0. The molecule has 0 bridgehead atoms. The first-order valence-electron chi connectivity index (χ1n) is 5.62. The summed E-state index contributed by atoms with van der Waals surface area (Å²) in [5, 5.41) is 8.90. The Hall–Kier alpha value is -2.74. The van der Waals surface area contributed by atoms with Crippen LogP contribution < -0.4 is 14.2 Å². The fraction of sp³-hybridized carbons (Fsp3) is 0.143. The normalized spacial score (nSPS) is 9.53. The predicted octanol–water partition coefficient (Wildman–Crippen LogP) is 3.98. The zero-order valence-corrected chi connectivity index (χ0v) is 10.7. The molecule has 0 saturated heterocycles. The van der Waals surface area contributed by atoms with Crippen LogP contribution in [-0.2, 0) is 0 Å². The van der Waals surface area contributed by atoms with E-state index < -0.39 is 0 Å². The molecule has 0 N–H and O–H groups in total. The molecule has 0 radical (unpaired) electrons. The second-order valence-electron chi connectivity index (χ2n) is 3.69. The van der Waals surface area contributed by atoms with Gasteiger partial charge in [0.15, 0.2) is 16.5 Å². The van der Waals surface area contributed by atoms with Crippen LogP contribution in [0.15, 0.2) is 42.5 Å². The van der Waals surface area contributed by atoms with Crippen molar-refractivity contribution in [1.29, 1.82) is 5.39 Å². The molecule has 2 aromatic rings. The Balaban J connectivity index is 2.42. The third-order valence-corrected chi connectivity index (χ3v) is 2.54. The van der Waals surface area contributed by atoms with Gasteiger partial charge in [-0.15, -0.1) is 0 Å². The molecule has 0 aromatic heterocycles. The largest absolute Gasteiger partial charge is 0.493 e. The van der Waals surface area contributed by atoms with Crippen molar-refractivity contribution in [2.45, 2.75) is 0 Å². The quantitative estimate of drug-likeness (QED) is 0.777. The van der Waals surface area contributed by atoms with Crippen molar-refractivity contribution in [1.82, 2.24) is 0 Å². The SMILES string of the molecule is COc1cc(Oc2ccccc2)c(OC)cc1[N+]#N. The van der Waals surface area contributed by atoms with E-state index in [1.54, 1.807) is 6.07 Å². The molecular weight excluding hydrogens is 244 g/mol. The van der Waals surface area contributed by atoms with Crippen LogP contribution in [-0.4, -0.2) is 14.2 Å². The van der Waals surface area contributed by atoms with Gasteiger partial charge in [0.25, 0.3) is 0 Å². The Morgan fingerprint density at radius 1 is 0.895 bits per heavy atom. The van der Waals surface area contributed by atoms with Crippen molar-refractivity contribution < 1.29 is 14.2 Å².